The average Bonchev–Trinajstić information content (AvgIpc) is 2.96. The summed E-state index contributed by atoms with van der Waals surface area (Å²) in [5.74, 6) is 1.50. The number of esters is 2. The zero-order valence-corrected chi connectivity index (χ0v) is 26.4. The number of fused-ring (bicyclic) bond motifs is 3. The quantitative estimate of drug-likeness (QED) is 0.0883. The first-order valence-electron chi connectivity index (χ1n) is 17.5. The van der Waals surface area contributed by atoms with Crippen LogP contribution in [0, 0.1) is 17.3 Å². The molecule has 1 N–H and O–H groups in total. The molecular formula is C35H64O5. The normalized spacial score (nSPS) is 21.1. The van der Waals surface area contributed by atoms with Gasteiger partial charge in [0.2, 0.25) is 0 Å². The van der Waals surface area contributed by atoms with Crippen LogP contribution in [-0.4, -0.2) is 36.4 Å². The molecule has 0 aromatic heterocycles. The van der Waals surface area contributed by atoms with E-state index in [1.54, 1.807) is 0 Å². The van der Waals surface area contributed by atoms with E-state index in [0.29, 0.717) is 44.8 Å². The Kier molecular flexibility index (Phi) is 18.9. The van der Waals surface area contributed by atoms with Crippen LogP contribution in [0.2, 0.25) is 0 Å². The molecule has 3 rings (SSSR count). The van der Waals surface area contributed by atoms with Crippen molar-refractivity contribution in [3.8, 4) is 0 Å². The minimum absolute atomic E-state index is 0.0411. The Balaban J connectivity index is 1.39. The molecule has 0 aromatic carbocycles. The van der Waals surface area contributed by atoms with Crippen molar-refractivity contribution in [2.24, 2.45) is 17.3 Å². The van der Waals surface area contributed by atoms with Crippen molar-refractivity contribution in [2.75, 3.05) is 13.2 Å². The lowest BCUT2D eigenvalue weighted by atomic mass is 9.61. The molecule has 0 aliphatic heterocycles. The summed E-state index contributed by atoms with van der Waals surface area (Å²) in [6, 6.07) is 0. The van der Waals surface area contributed by atoms with E-state index in [-0.39, 0.29) is 23.5 Å². The highest BCUT2D eigenvalue weighted by atomic mass is 16.5. The van der Waals surface area contributed by atoms with Gasteiger partial charge in [-0.3, -0.25) is 9.59 Å². The van der Waals surface area contributed by atoms with Crippen LogP contribution in [0.5, 0.6) is 0 Å². The van der Waals surface area contributed by atoms with Gasteiger partial charge in [0, 0.05) is 18.3 Å². The lowest BCUT2D eigenvalue weighted by Gasteiger charge is -2.46. The van der Waals surface area contributed by atoms with Crippen molar-refractivity contribution in [2.45, 2.75) is 180 Å². The van der Waals surface area contributed by atoms with Crippen molar-refractivity contribution < 1.29 is 24.2 Å². The molecule has 5 heteroatoms. The Hall–Kier alpha value is -1.10. The van der Waals surface area contributed by atoms with E-state index in [9.17, 15) is 14.7 Å². The highest BCUT2D eigenvalue weighted by Gasteiger charge is 2.41. The molecule has 0 heterocycles. The number of aliphatic hydroxyl groups excluding tert-OH is 1. The van der Waals surface area contributed by atoms with Crippen LogP contribution in [0.3, 0.4) is 0 Å². The van der Waals surface area contributed by atoms with Gasteiger partial charge in [0.1, 0.15) is 0 Å². The van der Waals surface area contributed by atoms with E-state index in [0.717, 1.165) is 50.9 Å². The maximum absolute atomic E-state index is 12.2. The number of rotatable bonds is 25. The monoisotopic (exact) mass is 564 g/mol. The SMILES string of the molecule is CCCCCC(CCCCC)CCOC(=O)CCCCCCCC(O)CCCC(=O)OCC12CCC(CC1)CC2. The van der Waals surface area contributed by atoms with Gasteiger partial charge in [0.15, 0.2) is 0 Å². The molecule has 3 aliphatic carbocycles. The smallest absolute Gasteiger partial charge is 0.305 e. The number of aliphatic hydroxyl groups is 1. The standard InChI is InChI=1S/C35H64O5/c1-3-5-10-15-30(16-11-6-4-2)24-28-39-33(37)19-13-9-7-8-12-17-32(36)18-14-20-34(38)40-29-35-25-21-31(22-26-35)23-27-35/h30-32,36H,3-29H2,1-2H3. The Morgan fingerprint density at radius 2 is 1.20 bits per heavy atom. The second-order valence-corrected chi connectivity index (χ2v) is 13.4. The fourth-order valence-electron chi connectivity index (χ4n) is 6.88. The van der Waals surface area contributed by atoms with E-state index < -0.39 is 0 Å². The lowest BCUT2D eigenvalue weighted by molar-refractivity contribution is -0.150. The summed E-state index contributed by atoms with van der Waals surface area (Å²) in [6.07, 6.45) is 26.8. The van der Waals surface area contributed by atoms with E-state index in [1.165, 1.54) is 89.9 Å². The van der Waals surface area contributed by atoms with E-state index in [1.807, 2.05) is 0 Å². The second-order valence-electron chi connectivity index (χ2n) is 13.4. The molecule has 0 saturated heterocycles. The molecule has 3 fully saturated rings. The summed E-state index contributed by atoms with van der Waals surface area (Å²) in [7, 11) is 0. The molecule has 0 aromatic rings. The zero-order valence-electron chi connectivity index (χ0n) is 26.4. The van der Waals surface area contributed by atoms with Gasteiger partial charge in [0.05, 0.1) is 19.3 Å². The highest BCUT2D eigenvalue weighted by molar-refractivity contribution is 5.69. The minimum Gasteiger partial charge on any atom is -0.466 e. The zero-order chi connectivity index (χ0) is 28.9. The topological polar surface area (TPSA) is 72.8 Å². The van der Waals surface area contributed by atoms with Gasteiger partial charge in [-0.05, 0) is 82.5 Å². The van der Waals surface area contributed by atoms with Gasteiger partial charge in [-0.15, -0.1) is 0 Å². The highest BCUT2D eigenvalue weighted by Crippen LogP contribution is 2.50. The fraction of sp³-hybridized carbons (Fsp3) is 0.943. The van der Waals surface area contributed by atoms with E-state index in [4.69, 9.17) is 9.47 Å². The van der Waals surface area contributed by atoms with Crippen molar-refractivity contribution in [3.05, 3.63) is 0 Å². The number of hydrogen-bond donors (Lipinski definition) is 1. The molecule has 3 aliphatic rings. The largest absolute Gasteiger partial charge is 0.466 e. The molecule has 1 atom stereocenters. The fourth-order valence-corrected chi connectivity index (χ4v) is 6.88. The second kappa shape index (κ2) is 21.6. The summed E-state index contributed by atoms with van der Waals surface area (Å²) in [4.78, 5) is 24.3. The molecule has 0 spiro atoms. The van der Waals surface area contributed by atoms with Crippen LogP contribution in [0.15, 0.2) is 0 Å². The number of unbranched alkanes of at least 4 members (excludes halogenated alkanes) is 8. The molecule has 0 amide bonds. The number of ether oxygens (including phenoxy) is 2. The summed E-state index contributed by atoms with van der Waals surface area (Å²) >= 11 is 0. The molecule has 234 valence electrons. The first kappa shape index (κ1) is 35.1. The Labute approximate surface area is 246 Å². The maximum atomic E-state index is 12.2. The number of carbonyl (C=O) groups is 2. The van der Waals surface area contributed by atoms with Gasteiger partial charge >= 0.3 is 11.9 Å². The third kappa shape index (κ3) is 15.8. The van der Waals surface area contributed by atoms with E-state index in [2.05, 4.69) is 13.8 Å². The number of hydrogen-bond acceptors (Lipinski definition) is 5. The molecular weight excluding hydrogens is 500 g/mol. The predicted molar refractivity (Wildman–Crippen MR) is 164 cm³/mol. The number of carbonyl (C=O) groups excluding carboxylic acids is 2. The Morgan fingerprint density at radius 3 is 1.85 bits per heavy atom. The molecule has 5 nitrogen and oxygen atoms in total. The first-order valence-corrected chi connectivity index (χ1v) is 17.5. The van der Waals surface area contributed by atoms with E-state index >= 15 is 0 Å². The van der Waals surface area contributed by atoms with Gasteiger partial charge in [-0.25, -0.2) is 0 Å². The Bertz CT molecular complexity index is 630. The summed E-state index contributed by atoms with van der Waals surface area (Å²) < 4.78 is 11.2. The van der Waals surface area contributed by atoms with Crippen LogP contribution >= 0.6 is 0 Å². The third-order valence-electron chi connectivity index (χ3n) is 9.85. The van der Waals surface area contributed by atoms with Crippen LogP contribution in [0.25, 0.3) is 0 Å². The van der Waals surface area contributed by atoms with Gasteiger partial charge < -0.3 is 14.6 Å². The minimum atomic E-state index is -0.331. The average molecular weight is 565 g/mol. The maximum Gasteiger partial charge on any atom is 0.305 e. The van der Waals surface area contributed by atoms with Crippen molar-refractivity contribution in [3.63, 3.8) is 0 Å². The van der Waals surface area contributed by atoms with Crippen LogP contribution in [0.1, 0.15) is 174 Å². The van der Waals surface area contributed by atoms with Crippen LogP contribution in [0.4, 0.5) is 0 Å². The van der Waals surface area contributed by atoms with Gasteiger partial charge in [0.25, 0.3) is 0 Å². The van der Waals surface area contributed by atoms with Crippen LogP contribution < -0.4 is 0 Å². The molecule has 0 radical (unpaired) electrons. The van der Waals surface area contributed by atoms with Gasteiger partial charge in [-0.1, -0.05) is 90.9 Å². The van der Waals surface area contributed by atoms with Crippen LogP contribution in [-0.2, 0) is 19.1 Å². The van der Waals surface area contributed by atoms with Crippen molar-refractivity contribution in [1.29, 1.82) is 0 Å². The van der Waals surface area contributed by atoms with Gasteiger partial charge in [-0.2, -0.15) is 0 Å². The lowest BCUT2D eigenvalue weighted by Crippen LogP contribution is -2.38. The van der Waals surface area contributed by atoms with Crippen molar-refractivity contribution >= 4 is 11.9 Å². The predicted octanol–water partition coefficient (Wildman–Crippen LogP) is 9.47. The molecule has 40 heavy (non-hydrogen) atoms. The van der Waals surface area contributed by atoms with Crippen molar-refractivity contribution in [1.82, 2.24) is 0 Å². The Morgan fingerprint density at radius 1 is 0.675 bits per heavy atom. The molecule has 1 unspecified atom stereocenters. The molecule has 3 saturated carbocycles. The summed E-state index contributed by atoms with van der Waals surface area (Å²) in [5.41, 5.74) is 0.273. The summed E-state index contributed by atoms with van der Waals surface area (Å²) in [5, 5.41) is 10.3. The third-order valence-corrected chi connectivity index (χ3v) is 9.85. The molecule has 2 bridgehead atoms. The first-order chi connectivity index (χ1) is 19.5. The summed E-state index contributed by atoms with van der Waals surface area (Å²) in [6.45, 7) is 5.69.